The molecule has 2 amide bonds. The number of hydrogen-bond donors (Lipinski definition) is 0. The van der Waals surface area contributed by atoms with Gasteiger partial charge in [-0.15, -0.1) is 0 Å². The third kappa shape index (κ3) is 6.47. The van der Waals surface area contributed by atoms with E-state index in [2.05, 4.69) is 4.98 Å². The highest BCUT2D eigenvalue weighted by molar-refractivity contribution is 7.89. The van der Waals surface area contributed by atoms with Gasteiger partial charge < -0.3 is 9.47 Å². The standard InChI is InChI=1S/C32H29N3O7S/c1-41-25-13-15-26(16-14-25)43(39,40)35(21-24-10-7-18-33-20-24)29(32(38)42-22-23-8-3-2-4-9-23)17-19-34-30(36)27-11-5-6-12-28(27)31(34)37/h2-16,18,20,29H,17,19,21-22H2,1H3/t29-/m0/s1. The Labute approximate surface area is 249 Å². The number of carbonyl (C=O) groups is 3. The number of amides is 2. The molecule has 0 N–H and O–H groups in total. The number of carbonyl (C=O) groups excluding carboxylic acids is 3. The highest BCUT2D eigenvalue weighted by atomic mass is 32.2. The second-order valence-electron chi connectivity index (χ2n) is 9.79. The highest BCUT2D eigenvalue weighted by Crippen LogP contribution is 2.28. The predicted molar refractivity (Wildman–Crippen MR) is 156 cm³/mol. The Kier molecular flexibility index (Phi) is 8.93. The van der Waals surface area contributed by atoms with Gasteiger partial charge in [-0.25, -0.2) is 8.42 Å². The summed E-state index contributed by atoms with van der Waals surface area (Å²) in [7, 11) is -2.85. The lowest BCUT2D eigenvalue weighted by atomic mass is 10.1. The van der Waals surface area contributed by atoms with Crippen LogP contribution in [-0.2, 0) is 32.7 Å². The number of pyridine rings is 1. The van der Waals surface area contributed by atoms with Crippen molar-refractivity contribution in [3.05, 3.63) is 126 Å². The zero-order valence-corrected chi connectivity index (χ0v) is 24.1. The van der Waals surface area contributed by atoms with E-state index in [1.165, 1.54) is 37.6 Å². The molecule has 1 aromatic heterocycles. The van der Waals surface area contributed by atoms with E-state index < -0.39 is 33.8 Å². The molecule has 1 aliphatic heterocycles. The van der Waals surface area contributed by atoms with E-state index in [-0.39, 0.29) is 42.1 Å². The summed E-state index contributed by atoms with van der Waals surface area (Å²) in [5.74, 6) is -1.37. The monoisotopic (exact) mass is 599 g/mol. The molecule has 0 radical (unpaired) electrons. The molecule has 1 aliphatic rings. The minimum absolute atomic E-state index is 0.0706. The molecule has 43 heavy (non-hydrogen) atoms. The minimum Gasteiger partial charge on any atom is -0.497 e. The maximum Gasteiger partial charge on any atom is 0.324 e. The highest BCUT2D eigenvalue weighted by Gasteiger charge is 2.40. The second-order valence-corrected chi connectivity index (χ2v) is 11.7. The Morgan fingerprint density at radius 1 is 0.860 bits per heavy atom. The van der Waals surface area contributed by atoms with Gasteiger partial charge in [-0.1, -0.05) is 48.5 Å². The van der Waals surface area contributed by atoms with E-state index in [9.17, 15) is 22.8 Å². The summed E-state index contributed by atoms with van der Waals surface area (Å²) < 4.78 is 40.2. The molecule has 0 saturated heterocycles. The summed E-state index contributed by atoms with van der Waals surface area (Å²) >= 11 is 0. The zero-order valence-electron chi connectivity index (χ0n) is 23.3. The van der Waals surface area contributed by atoms with Crippen molar-refractivity contribution in [1.29, 1.82) is 0 Å². The maximum atomic E-state index is 14.2. The average molecular weight is 600 g/mol. The molecule has 2 heterocycles. The SMILES string of the molecule is COc1ccc(S(=O)(=O)N(Cc2cccnc2)[C@@H](CCN2C(=O)c3ccccc3C2=O)C(=O)OCc2ccccc2)cc1. The van der Waals surface area contributed by atoms with Crippen molar-refractivity contribution in [3.8, 4) is 5.75 Å². The molecular formula is C32H29N3O7S. The van der Waals surface area contributed by atoms with Crippen LogP contribution in [0.4, 0.5) is 0 Å². The van der Waals surface area contributed by atoms with E-state index in [4.69, 9.17) is 9.47 Å². The van der Waals surface area contributed by atoms with E-state index in [0.29, 0.717) is 16.9 Å². The molecule has 0 unspecified atom stereocenters. The number of aromatic nitrogens is 1. The molecule has 0 aliphatic carbocycles. The Bertz CT molecular complexity index is 1680. The van der Waals surface area contributed by atoms with Gasteiger partial charge in [0.15, 0.2) is 0 Å². The second kappa shape index (κ2) is 13.0. The largest absolute Gasteiger partial charge is 0.497 e. The van der Waals surface area contributed by atoms with Crippen LogP contribution in [0.5, 0.6) is 5.75 Å². The number of fused-ring (bicyclic) bond motifs is 1. The summed E-state index contributed by atoms with van der Waals surface area (Å²) in [6.45, 7) is -0.513. The Hall–Kier alpha value is -4.87. The summed E-state index contributed by atoms with van der Waals surface area (Å²) in [4.78, 5) is 45.0. The number of benzene rings is 3. The third-order valence-corrected chi connectivity index (χ3v) is 8.94. The molecule has 11 heteroatoms. The molecule has 0 bridgehead atoms. The summed E-state index contributed by atoms with van der Waals surface area (Å²) in [5, 5.41) is 0. The molecule has 4 aromatic rings. The van der Waals surface area contributed by atoms with E-state index in [0.717, 1.165) is 9.21 Å². The van der Waals surface area contributed by atoms with Gasteiger partial charge in [0.05, 0.1) is 23.1 Å². The van der Waals surface area contributed by atoms with Gasteiger partial charge in [0.25, 0.3) is 11.8 Å². The predicted octanol–water partition coefficient (Wildman–Crippen LogP) is 4.08. The van der Waals surface area contributed by atoms with Crippen LogP contribution in [0.15, 0.2) is 108 Å². The van der Waals surface area contributed by atoms with Crippen LogP contribution in [0.25, 0.3) is 0 Å². The third-order valence-electron chi connectivity index (χ3n) is 7.08. The molecule has 0 spiro atoms. The molecular weight excluding hydrogens is 570 g/mol. The first-order valence-electron chi connectivity index (χ1n) is 13.5. The first kappa shape index (κ1) is 29.6. The van der Waals surface area contributed by atoms with Crippen molar-refractivity contribution in [2.24, 2.45) is 0 Å². The topological polar surface area (TPSA) is 123 Å². The lowest BCUT2D eigenvalue weighted by Gasteiger charge is -2.30. The fourth-order valence-corrected chi connectivity index (χ4v) is 6.41. The quantitative estimate of drug-likeness (QED) is 0.176. The van der Waals surface area contributed by atoms with E-state index >= 15 is 0 Å². The lowest BCUT2D eigenvalue weighted by Crippen LogP contribution is -2.47. The average Bonchev–Trinajstić information content (AvgIpc) is 3.29. The van der Waals surface area contributed by atoms with Crippen LogP contribution in [-0.4, -0.2) is 60.1 Å². The first-order chi connectivity index (χ1) is 20.8. The molecule has 0 saturated carbocycles. The number of rotatable bonds is 12. The van der Waals surface area contributed by atoms with Crippen molar-refractivity contribution in [1.82, 2.24) is 14.2 Å². The smallest absolute Gasteiger partial charge is 0.324 e. The Morgan fingerprint density at radius 2 is 1.49 bits per heavy atom. The number of ether oxygens (including phenoxy) is 2. The van der Waals surface area contributed by atoms with Gasteiger partial charge in [-0.2, -0.15) is 4.31 Å². The Balaban J connectivity index is 1.50. The van der Waals surface area contributed by atoms with Crippen LogP contribution < -0.4 is 4.74 Å². The van der Waals surface area contributed by atoms with Crippen molar-refractivity contribution in [2.45, 2.75) is 30.5 Å². The van der Waals surface area contributed by atoms with Crippen molar-refractivity contribution in [3.63, 3.8) is 0 Å². The normalized spacial score (nSPS) is 13.6. The summed E-state index contributed by atoms with van der Waals surface area (Å²) in [6, 6.07) is 23.2. The molecule has 0 fully saturated rings. The first-order valence-corrected chi connectivity index (χ1v) is 14.9. The number of methoxy groups -OCH3 is 1. The number of sulfonamides is 1. The van der Waals surface area contributed by atoms with Crippen molar-refractivity contribution < 1.29 is 32.3 Å². The van der Waals surface area contributed by atoms with Gasteiger partial charge in [-0.3, -0.25) is 24.3 Å². The molecule has 5 rings (SSSR count). The van der Waals surface area contributed by atoms with Gasteiger partial charge in [-0.05, 0) is 60.0 Å². The van der Waals surface area contributed by atoms with E-state index in [1.54, 1.807) is 66.9 Å². The van der Waals surface area contributed by atoms with E-state index in [1.807, 2.05) is 6.07 Å². The van der Waals surface area contributed by atoms with Crippen LogP contribution in [0.1, 0.15) is 38.3 Å². The number of nitrogens with zero attached hydrogens (tertiary/aromatic N) is 3. The molecule has 10 nitrogen and oxygen atoms in total. The number of esters is 1. The summed E-state index contributed by atoms with van der Waals surface area (Å²) in [5.41, 5.74) is 1.76. The summed E-state index contributed by atoms with van der Waals surface area (Å²) in [6.07, 6.45) is 2.86. The van der Waals surface area contributed by atoms with Crippen molar-refractivity contribution >= 4 is 27.8 Å². The van der Waals surface area contributed by atoms with Crippen LogP contribution >= 0.6 is 0 Å². The fourth-order valence-electron chi connectivity index (χ4n) is 4.82. The van der Waals surface area contributed by atoms with Crippen LogP contribution in [0, 0.1) is 0 Å². The van der Waals surface area contributed by atoms with Crippen LogP contribution in [0.2, 0.25) is 0 Å². The van der Waals surface area contributed by atoms with Gasteiger partial charge in [0, 0.05) is 25.5 Å². The fraction of sp³-hybridized carbons (Fsp3) is 0.188. The van der Waals surface area contributed by atoms with Gasteiger partial charge in [0.1, 0.15) is 18.4 Å². The van der Waals surface area contributed by atoms with Gasteiger partial charge >= 0.3 is 5.97 Å². The molecule has 220 valence electrons. The molecule has 3 aromatic carbocycles. The molecule has 1 atom stereocenters. The minimum atomic E-state index is -4.32. The Morgan fingerprint density at radius 3 is 2.09 bits per heavy atom. The zero-order chi connectivity index (χ0) is 30.4. The van der Waals surface area contributed by atoms with Crippen molar-refractivity contribution in [2.75, 3.05) is 13.7 Å². The lowest BCUT2D eigenvalue weighted by molar-refractivity contribution is -0.150. The van der Waals surface area contributed by atoms with Gasteiger partial charge in [0.2, 0.25) is 10.0 Å². The maximum absolute atomic E-state index is 14.2. The number of hydrogen-bond acceptors (Lipinski definition) is 8. The number of imide groups is 1. The van der Waals surface area contributed by atoms with Crippen LogP contribution in [0.3, 0.4) is 0 Å².